The van der Waals surface area contributed by atoms with Crippen LogP contribution in [0.1, 0.15) is 13.0 Å². The molecular weight excluding hydrogens is 363 g/mol. The third-order valence-corrected chi connectivity index (χ3v) is 4.01. The minimum absolute atomic E-state index is 0.210. The maximum Gasteiger partial charge on any atom is 0.267 e. The molecule has 0 saturated heterocycles. The molecule has 144 valence electrons. The maximum absolute atomic E-state index is 12.9. The van der Waals surface area contributed by atoms with Crippen molar-refractivity contribution in [2.75, 3.05) is 13.2 Å². The van der Waals surface area contributed by atoms with Gasteiger partial charge in [0.1, 0.15) is 24.2 Å². The van der Waals surface area contributed by atoms with Gasteiger partial charge in [0.05, 0.1) is 12.2 Å². The summed E-state index contributed by atoms with van der Waals surface area (Å²) in [5, 5.41) is 6.98. The van der Waals surface area contributed by atoms with Crippen molar-refractivity contribution in [2.24, 2.45) is 0 Å². The number of rotatable bonds is 7. The summed E-state index contributed by atoms with van der Waals surface area (Å²) in [5.74, 6) is -0.202. The van der Waals surface area contributed by atoms with Gasteiger partial charge in [-0.15, -0.1) is 0 Å². The first-order chi connectivity index (χ1) is 13.5. The number of aromatic nitrogens is 3. The van der Waals surface area contributed by atoms with Crippen LogP contribution in [-0.2, 0) is 4.79 Å². The number of nitrogens with one attached hydrogen (secondary N) is 1. The zero-order valence-electron chi connectivity index (χ0n) is 15.2. The molecule has 0 saturated carbocycles. The molecule has 2 aromatic heterocycles. The number of ether oxygens (including phenoxy) is 1. The number of hydrogen-bond acceptors (Lipinski definition) is 5. The fourth-order valence-electron chi connectivity index (χ4n) is 2.50. The van der Waals surface area contributed by atoms with Crippen molar-refractivity contribution in [3.8, 4) is 17.0 Å². The lowest BCUT2D eigenvalue weighted by Crippen LogP contribution is -2.38. The molecule has 8 heteroatoms. The molecule has 1 atom stereocenters. The average Bonchev–Trinajstić information content (AvgIpc) is 2.73. The van der Waals surface area contributed by atoms with Crippen molar-refractivity contribution < 1.29 is 13.9 Å². The molecule has 28 heavy (non-hydrogen) atoms. The second-order valence-corrected chi connectivity index (χ2v) is 6.01. The van der Waals surface area contributed by atoms with Gasteiger partial charge in [0.2, 0.25) is 5.91 Å². The quantitative estimate of drug-likeness (QED) is 0.633. The number of carbonyl (C=O) groups is 1. The van der Waals surface area contributed by atoms with Gasteiger partial charge in [-0.05, 0) is 49.4 Å². The molecule has 1 unspecified atom stereocenters. The highest BCUT2D eigenvalue weighted by molar-refractivity contribution is 5.79. The van der Waals surface area contributed by atoms with Gasteiger partial charge in [-0.3, -0.25) is 14.6 Å². The lowest BCUT2D eigenvalue weighted by atomic mass is 10.2. The first-order valence-corrected chi connectivity index (χ1v) is 8.71. The van der Waals surface area contributed by atoms with Crippen molar-refractivity contribution in [2.45, 2.75) is 13.0 Å². The maximum atomic E-state index is 12.9. The highest BCUT2D eigenvalue weighted by Crippen LogP contribution is 2.14. The second kappa shape index (κ2) is 8.90. The molecule has 1 N–H and O–H groups in total. The summed E-state index contributed by atoms with van der Waals surface area (Å²) in [6.07, 6.45) is 3.28. The molecule has 0 aliphatic rings. The fourth-order valence-corrected chi connectivity index (χ4v) is 2.50. The molecular formula is C20H19FN4O3. The molecule has 1 aromatic carbocycles. The Balaban J connectivity index is 1.59. The van der Waals surface area contributed by atoms with Crippen molar-refractivity contribution in [1.82, 2.24) is 20.1 Å². The zero-order valence-corrected chi connectivity index (χ0v) is 15.2. The standard InChI is InChI=1S/C20H19FN4O3/c1-14(20(27)23-11-12-28-17-6-4-16(21)5-7-17)25-19(26)9-8-18(24-25)15-3-2-10-22-13-15/h2-10,13-14H,11-12H2,1H3,(H,23,27). The van der Waals surface area contributed by atoms with E-state index in [1.807, 2.05) is 6.07 Å². The van der Waals surface area contributed by atoms with E-state index in [1.54, 1.807) is 31.5 Å². The van der Waals surface area contributed by atoms with E-state index < -0.39 is 6.04 Å². The van der Waals surface area contributed by atoms with Gasteiger partial charge in [-0.25, -0.2) is 9.07 Å². The van der Waals surface area contributed by atoms with Crippen LogP contribution in [0.3, 0.4) is 0 Å². The Kier molecular flexibility index (Phi) is 6.11. The molecule has 0 bridgehead atoms. The van der Waals surface area contributed by atoms with Crippen molar-refractivity contribution >= 4 is 5.91 Å². The SMILES string of the molecule is CC(C(=O)NCCOc1ccc(F)cc1)n1nc(-c2cccnc2)ccc1=O. The number of pyridine rings is 1. The molecule has 0 fully saturated rings. The lowest BCUT2D eigenvalue weighted by molar-refractivity contribution is -0.124. The van der Waals surface area contributed by atoms with E-state index in [2.05, 4.69) is 15.4 Å². The van der Waals surface area contributed by atoms with Crippen molar-refractivity contribution in [1.29, 1.82) is 0 Å². The lowest BCUT2D eigenvalue weighted by Gasteiger charge is -2.15. The second-order valence-electron chi connectivity index (χ2n) is 6.01. The molecule has 0 aliphatic carbocycles. The van der Waals surface area contributed by atoms with E-state index in [1.165, 1.54) is 30.3 Å². The fraction of sp³-hybridized carbons (Fsp3) is 0.200. The van der Waals surface area contributed by atoms with Crippen molar-refractivity contribution in [3.63, 3.8) is 0 Å². The molecule has 3 aromatic rings. The van der Waals surface area contributed by atoms with Crippen LogP contribution in [0.25, 0.3) is 11.3 Å². The van der Waals surface area contributed by atoms with E-state index in [0.717, 1.165) is 10.2 Å². The summed E-state index contributed by atoms with van der Waals surface area (Å²) < 4.78 is 19.4. The Bertz CT molecular complexity index is 990. The highest BCUT2D eigenvalue weighted by Gasteiger charge is 2.17. The smallest absolute Gasteiger partial charge is 0.267 e. The predicted molar refractivity (Wildman–Crippen MR) is 101 cm³/mol. The van der Waals surface area contributed by atoms with E-state index in [4.69, 9.17) is 4.74 Å². The van der Waals surface area contributed by atoms with Crippen LogP contribution in [0.5, 0.6) is 5.75 Å². The van der Waals surface area contributed by atoms with Crippen LogP contribution in [0.4, 0.5) is 4.39 Å². The summed E-state index contributed by atoms with van der Waals surface area (Å²) >= 11 is 0. The number of hydrogen-bond donors (Lipinski definition) is 1. The first kappa shape index (κ1) is 19.2. The van der Waals surface area contributed by atoms with Gasteiger partial charge < -0.3 is 10.1 Å². The topological polar surface area (TPSA) is 86.1 Å². The summed E-state index contributed by atoms with van der Waals surface area (Å²) in [6, 6.07) is 11.4. The van der Waals surface area contributed by atoms with E-state index in [9.17, 15) is 14.0 Å². The molecule has 3 rings (SSSR count). The van der Waals surface area contributed by atoms with Crippen LogP contribution in [0.2, 0.25) is 0 Å². The Labute approximate surface area is 160 Å². The van der Waals surface area contributed by atoms with Gasteiger partial charge in [-0.1, -0.05) is 0 Å². The van der Waals surface area contributed by atoms with Crippen LogP contribution in [-0.4, -0.2) is 33.8 Å². The number of nitrogens with zero attached hydrogens (tertiary/aromatic N) is 3. The molecule has 0 radical (unpaired) electrons. The zero-order chi connectivity index (χ0) is 19.9. The summed E-state index contributed by atoms with van der Waals surface area (Å²) in [4.78, 5) is 28.5. The molecule has 7 nitrogen and oxygen atoms in total. The monoisotopic (exact) mass is 382 g/mol. The third kappa shape index (κ3) is 4.79. The Morgan fingerprint density at radius 2 is 2.00 bits per heavy atom. The minimum atomic E-state index is -0.796. The number of benzene rings is 1. The Morgan fingerprint density at radius 3 is 2.71 bits per heavy atom. The highest BCUT2D eigenvalue weighted by atomic mass is 19.1. The van der Waals surface area contributed by atoms with Crippen LogP contribution < -0.4 is 15.6 Å². The first-order valence-electron chi connectivity index (χ1n) is 8.71. The number of carbonyl (C=O) groups excluding carboxylic acids is 1. The number of halogens is 1. The predicted octanol–water partition coefficient (Wildman–Crippen LogP) is 2.20. The van der Waals surface area contributed by atoms with E-state index in [-0.39, 0.29) is 30.4 Å². The Hall–Kier alpha value is -3.55. The van der Waals surface area contributed by atoms with Crippen LogP contribution in [0, 0.1) is 5.82 Å². The van der Waals surface area contributed by atoms with Crippen molar-refractivity contribution in [3.05, 3.63) is 77.1 Å². The Morgan fingerprint density at radius 1 is 1.21 bits per heavy atom. The van der Waals surface area contributed by atoms with Crippen LogP contribution in [0.15, 0.2) is 65.7 Å². The number of amides is 1. The summed E-state index contributed by atoms with van der Waals surface area (Å²) in [5.41, 5.74) is 0.918. The van der Waals surface area contributed by atoms with Crippen LogP contribution >= 0.6 is 0 Å². The molecule has 1 amide bonds. The summed E-state index contributed by atoms with van der Waals surface area (Å²) in [7, 11) is 0. The normalized spacial score (nSPS) is 11.6. The van der Waals surface area contributed by atoms with E-state index in [0.29, 0.717) is 11.4 Å². The average molecular weight is 382 g/mol. The minimum Gasteiger partial charge on any atom is -0.492 e. The third-order valence-electron chi connectivity index (χ3n) is 4.01. The molecule has 0 spiro atoms. The van der Waals surface area contributed by atoms with Gasteiger partial charge >= 0.3 is 0 Å². The molecule has 2 heterocycles. The van der Waals surface area contributed by atoms with Gasteiger partial charge in [0.25, 0.3) is 5.56 Å². The molecule has 0 aliphatic heterocycles. The van der Waals surface area contributed by atoms with Gasteiger partial charge in [0.15, 0.2) is 0 Å². The largest absolute Gasteiger partial charge is 0.492 e. The van der Waals surface area contributed by atoms with Gasteiger partial charge in [-0.2, -0.15) is 5.10 Å². The van der Waals surface area contributed by atoms with Gasteiger partial charge in [0, 0.05) is 24.0 Å². The summed E-state index contributed by atoms with van der Waals surface area (Å²) in [6.45, 7) is 2.04. The van der Waals surface area contributed by atoms with E-state index >= 15 is 0 Å².